The molecule has 4 nitrogen and oxygen atoms in total. The fourth-order valence-electron chi connectivity index (χ4n) is 0.667. The van der Waals surface area contributed by atoms with Crippen LogP contribution in [-0.4, -0.2) is 25.8 Å². The van der Waals surface area contributed by atoms with E-state index in [1.807, 2.05) is 18.3 Å². The van der Waals surface area contributed by atoms with E-state index in [-0.39, 0.29) is 0 Å². The van der Waals surface area contributed by atoms with E-state index >= 15 is 0 Å². The Balaban J connectivity index is 2.38. The normalized spacial score (nSPS) is 17.6. The van der Waals surface area contributed by atoms with Gasteiger partial charge < -0.3 is 10.2 Å². The van der Waals surface area contributed by atoms with E-state index in [0.29, 0.717) is 6.61 Å². The van der Waals surface area contributed by atoms with Gasteiger partial charge in [-0.25, -0.2) is 0 Å². The minimum Gasteiger partial charge on any atom is -0.378 e. The fourth-order valence-corrected chi connectivity index (χ4v) is 0.667. The van der Waals surface area contributed by atoms with E-state index in [0.717, 1.165) is 5.70 Å². The summed E-state index contributed by atoms with van der Waals surface area (Å²) in [6.45, 7) is 0.635. The van der Waals surface area contributed by atoms with Crippen LogP contribution in [0.2, 0.25) is 0 Å². The third-order valence-corrected chi connectivity index (χ3v) is 1.19. The summed E-state index contributed by atoms with van der Waals surface area (Å²) >= 11 is 0. The first-order valence-electron chi connectivity index (χ1n) is 2.77. The van der Waals surface area contributed by atoms with E-state index in [1.165, 1.54) is 0 Å². The summed E-state index contributed by atoms with van der Waals surface area (Å²) in [4.78, 5) is 0. The van der Waals surface area contributed by atoms with Crippen LogP contribution in [0.1, 0.15) is 0 Å². The number of hydrogen-bond donors (Lipinski definition) is 2. The van der Waals surface area contributed by atoms with Gasteiger partial charge in [-0.15, -0.1) is 5.53 Å². The smallest absolute Gasteiger partial charge is 0.0890 e. The third-order valence-electron chi connectivity index (χ3n) is 1.19. The van der Waals surface area contributed by atoms with Gasteiger partial charge in [-0.3, -0.25) is 5.01 Å². The predicted molar refractivity (Wildman–Crippen MR) is 34.0 cm³/mol. The van der Waals surface area contributed by atoms with Crippen molar-refractivity contribution < 1.29 is 4.74 Å². The number of rotatable bonds is 2. The molecule has 0 radical (unpaired) electrons. The number of hydrogen-bond acceptors (Lipinski definition) is 4. The number of methoxy groups -OCH3 is 1. The SMILES string of the molecule is COCC1=CNNN1C. The number of ether oxygens (including phenoxy) is 1. The third kappa shape index (κ3) is 1.34. The van der Waals surface area contributed by atoms with E-state index < -0.39 is 0 Å². The van der Waals surface area contributed by atoms with Crippen LogP contribution in [0.25, 0.3) is 0 Å². The summed E-state index contributed by atoms with van der Waals surface area (Å²) in [5, 5.41) is 1.86. The first-order valence-corrected chi connectivity index (χ1v) is 2.77. The van der Waals surface area contributed by atoms with Gasteiger partial charge in [0.15, 0.2) is 0 Å². The van der Waals surface area contributed by atoms with E-state index in [1.54, 1.807) is 7.11 Å². The number of nitrogens with one attached hydrogen (secondary N) is 2. The Morgan fingerprint density at radius 1 is 1.78 bits per heavy atom. The van der Waals surface area contributed by atoms with E-state index in [4.69, 9.17) is 4.74 Å². The van der Waals surface area contributed by atoms with Crippen molar-refractivity contribution in [3.63, 3.8) is 0 Å². The van der Waals surface area contributed by atoms with Gasteiger partial charge in [0.05, 0.1) is 12.3 Å². The molecule has 0 amide bonds. The van der Waals surface area contributed by atoms with Crippen LogP contribution in [0.5, 0.6) is 0 Å². The first kappa shape index (κ1) is 6.38. The lowest BCUT2D eigenvalue weighted by atomic mass is 10.5. The summed E-state index contributed by atoms with van der Waals surface area (Å²) in [5.41, 5.74) is 6.80. The largest absolute Gasteiger partial charge is 0.378 e. The zero-order valence-corrected chi connectivity index (χ0v) is 5.64. The van der Waals surface area contributed by atoms with Crippen LogP contribution in [-0.2, 0) is 4.74 Å². The Bertz CT molecular complexity index is 123. The van der Waals surface area contributed by atoms with Crippen molar-refractivity contribution in [1.29, 1.82) is 0 Å². The number of nitrogens with zero attached hydrogens (tertiary/aromatic N) is 1. The molecule has 0 unspecified atom stereocenters. The van der Waals surface area contributed by atoms with Gasteiger partial charge in [0.25, 0.3) is 0 Å². The van der Waals surface area contributed by atoms with Crippen LogP contribution in [0.15, 0.2) is 11.9 Å². The zero-order chi connectivity index (χ0) is 6.69. The Kier molecular flexibility index (Phi) is 1.92. The van der Waals surface area contributed by atoms with Gasteiger partial charge >= 0.3 is 0 Å². The lowest BCUT2D eigenvalue weighted by Crippen LogP contribution is -2.34. The molecule has 0 atom stereocenters. The minimum atomic E-state index is 0.635. The Morgan fingerprint density at radius 3 is 3.00 bits per heavy atom. The molecule has 0 saturated heterocycles. The molecule has 0 saturated carbocycles. The van der Waals surface area contributed by atoms with E-state index in [9.17, 15) is 0 Å². The van der Waals surface area contributed by atoms with Crippen LogP contribution < -0.4 is 11.0 Å². The maximum atomic E-state index is 4.91. The predicted octanol–water partition coefficient (Wildman–Crippen LogP) is -0.571. The number of hydrazine groups is 2. The van der Waals surface area contributed by atoms with Gasteiger partial charge in [-0.2, -0.15) is 0 Å². The molecule has 4 heteroatoms. The molecule has 52 valence electrons. The second-order valence-corrected chi connectivity index (χ2v) is 1.88. The van der Waals surface area contributed by atoms with Crippen molar-refractivity contribution in [1.82, 2.24) is 16.0 Å². The molecule has 2 N–H and O–H groups in total. The lowest BCUT2D eigenvalue weighted by molar-refractivity contribution is 0.185. The highest BCUT2D eigenvalue weighted by Crippen LogP contribution is 1.99. The summed E-state index contributed by atoms with van der Waals surface area (Å²) in [5.74, 6) is 0. The molecule has 1 aliphatic heterocycles. The van der Waals surface area contributed by atoms with Crippen LogP contribution in [0.4, 0.5) is 0 Å². The highest BCUT2D eigenvalue weighted by molar-refractivity contribution is 5.01. The van der Waals surface area contributed by atoms with Crippen molar-refractivity contribution in [3.05, 3.63) is 11.9 Å². The van der Waals surface area contributed by atoms with Crippen molar-refractivity contribution in [2.24, 2.45) is 0 Å². The van der Waals surface area contributed by atoms with Gasteiger partial charge in [0.1, 0.15) is 0 Å². The molecular weight excluding hydrogens is 118 g/mol. The molecule has 0 aliphatic carbocycles. The molecule has 1 aliphatic rings. The second-order valence-electron chi connectivity index (χ2n) is 1.88. The topological polar surface area (TPSA) is 36.5 Å². The van der Waals surface area contributed by atoms with Crippen molar-refractivity contribution in [2.45, 2.75) is 0 Å². The summed E-state index contributed by atoms with van der Waals surface area (Å²) < 4.78 is 4.91. The van der Waals surface area contributed by atoms with Crippen molar-refractivity contribution >= 4 is 0 Å². The van der Waals surface area contributed by atoms with Gasteiger partial charge in [0.2, 0.25) is 0 Å². The number of likely N-dealkylation sites (N-methyl/N-ethyl adjacent to an activating group) is 1. The van der Waals surface area contributed by atoms with Crippen LogP contribution >= 0.6 is 0 Å². The highest BCUT2D eigenvalue weighted by Gasteiger charge is 2.07. The fraction of sp³-hybridized carbons (Fsp3) is 0.600. The molecule has 0 aromatic rings. The summed E-state index contributed by atoms with van der Waals surface area (Å²) in [6, 6.07) is 0. The Labute approximate surface area is 54.4 Å². The average molecular weight is 129 g/mol. The van der Waals surface area contributed by atoms with Gasteiger partial charge in [-0.1, -0.05) is 0 Å². The van der Waals surface area contributed by atoms with Crippen LogP contribution in [0, 0.1) is 0 Å². The van der Waals surface area contributed by atoms with Crippen molar-refractivity contribution in [3.8, 4) is 0 Å². The van der Waals surface area contributed by atoms with Crippen LogP contribution in [0.3, 0.4) is 0 Å². The standard InChI is InChI=1S/C5H11N3O/c1-8-5(4-9-2)3-6-7-8/h3,6-7H,4H2,1-2H3. The lowest BCUT2D eigenvalue weighted by Gasteiger charge is -2.13. The Hall–Kier alpha value is -0.740. The average Bonchev–Trinajstić information content (AvgIpc) is 2.18. The van der Waals surface area contributed by atoms with Crippen molar-refractivity contribution in [2.75, 3.05) is 20.8 Å². The molecule has 1 heterocycles. The first-order chi connectivity index (χ1) is 4.34. The second kappa shape index (κ2) is 2.70. The Morgan fingerprint density at radius 2 is 2.56 bits per heavy atom. The molecule has 0 aromatic heterocycles. The molecule has 1 rings (SSSR count). The molecule has 9 heavy (non-hydrogen) atoms. The molecule has 0 fully saturated rings. The minimum absolute atomic E-state index is 0.635. The highest BCUT2D eigenvalue weighted by atomic mass is 16.5. The maximum absolute atomic E-state index is 4.91. The monoisotopic (exact) mass is 129 g/mol. The maximum Gasteiger partial charge on any atom is 0.0890 e. The molecule has 0 spiro atoms. The van der Waals surface area contributed by atoms with E-state index in [2.05, 4.69) is 11.0 Å². The van der Waals surface area contributed by atoms with Gasteiger partial charge in [-0.05, 0) is 0 Å². The molecular formula is C5H11N3O. The zero-order valence-electron chi connectivity index (χ0n) is 5.64. The molecule has 0 aromatic carbocycles. The summed E-state index contributed by atoms with van der Waals surface area (Å²) in [7, 11) is 3.60. The van der Waals surface area contributed by atoms with Gasteiger partial charge in [0, 0.05) is 20.4 Å². The quantitative estimate of drug-likeness (QED) is 0.523. The summed E-state index contributed by atoms with van der Waals surface area (Å²) in [6.07, 6.45) is 1.86. The molecule has 0 bridgehead atoms.